The van der Waals surface area contributed by atoms with E-state index in [0.29, 0.717) is 0 Å². The van der Waals surface area contributed by atoms with Gasteiger partial charge in [-0.25, -0.2) is 0 Å². The van der Waals surface area contributed by atoms with E-state index >= 15 is 0 Å². The van der Waals surface area contributed by atoms with Crippen molar-refractivity contribution in [2.75, 3.05) is 12.1 Å². The first kappa shape index (κ1) is 6.80. The summed E-state index contributed by atoms with van der Waals surface area (Å²) < 4.78 is 5.39. The van der Waals surface area contributed by atoms with E-state index < -0.39 is 8.31 Å². The lowest BCUT2D eigenvalue weighted by Gasteiger charge is -2.16. The van der Waals surface area contributed by atoms with E-state index in [2.05, 4.69) is 0 Å². The van der Waals surface area contributed by atoms with E-state index in [4.69, 9.17) is 16.0 Å². The molecule has 0 spiro atoms. The van der Waals surface area contributed by atoms with E-state index in [-0.39, 0.29) is 9.28 Å². The quantitative estimate of drug-likeness (QED) is 0.394. The highest BCUT2D eigenvalue weighted by Gasteiger charge is 2.14. The van der Waals surface area contributed by atoms with Gasteiger partial charge in [-0.15, -0.1) is 11.6 Å². The van der Waals surface area contributed by atoms with Crippen LogP contribution in [0, 0.1) is 0 Å². The molecule has 0 amide bonds. The molecule has 0 N–H and O–H groups in total. The second kappa shape index (κ2) is 3.66. The van der Waals surface area contributed by atoms with Gasteiger partial charge in [0.1, 0.15) is 9.28 Å². The summed E-state index contributed by atoms with van der Waals surface area (Å²) in [6.45, 7) is 1.03. The lowest BCUT2D eigenvalue weighted by atomic mass is 10.5. The van der Waals surface area contributed by atoms with Crippen LogP contribution >= 0.6 is 11.6 Å². The van der Waals surface area contributed by atoms with Crippen molar-refractivity contribution in [2.45, 2.75) is 12.5 Å². The van der Waals surface area contributed by atoms with Crippen molar-refractivity contribution < 1.29 is 4.43 Å². The topological polar surface area (TPSA) is 9.23 Å². The average molecular weight is 167 g/mol. The molecule has 1 rings (SSSR count). The van der Waals surface area contributed by atoms with Crippen LogP contribution in [0.5, 0.6) is 0 Å². The third kappa shape index (κ3) is 1.89. The fourth-order valence-electron chi connectivity index (χ4n) is 0.929. The van der Waals surface area contributed by atoms with Gasteiger partial charge < -0.3 is 4.43 Å². The van der Waals surface area contributed by atoms with Gasteiger partial charge in [-0.1, -0.05) is 6.04 Å². The van der Waals surface area contributed by atoms with Gasteiger partial charge in [0.25, 0.3) is 0 Å². The first-order valence-corrected chi connectivity index (χ1v) is 9.08. The Labute approximate surface area is 58.7 Å². The zero-order valence-corrected chi connectivity index (χ0v) is 8.22. The average Bonchev–Trinajstić information content (AvgIpc) is 1.90. The van der Waals surface area contributed by atoms with Gasteiger partial charge in [-0.05, 0) is 6.42 Å². The molecule has 1 saturated heterocycles. The van der Waals surface area contributed by atoms with Gasteiger partial charge in [-0.3, -0.25) is 0 Å². The minimum atomic E-state index is -0.423. The highest BCUT2D eigenvalue weighted by molar-refractivity contribution is 7.12. The maximum atomic E-state index is 5.70. The molecule has 4 heteroatoms. The molecule has 0 radical (unpaired) electrons. The molecule has 0 aliphatic carbocycles. The number of hydrogen-bond donors (Lipinski definition) is 0. The van der Waals surface area contributed by atoms with E-state index in [1.807, 2.05) is 0 Å². The van der Waals surface area contributed by atoms with Crippen molar-refractivity contribution in [1.29, 1.82) is 0 Å². The van der Waals surface area contributed by atoms with Crippen LogP contribution in [0.4, 0.5) is 0 Å². The normalized spacial score (nSPS) is 33.4. The number of rotatable bonds is 1. The van der Waals surface area contributed by atoms with Crippen LogP contribution in [0.3, 0.4) is 0 Å². The van der Waals surface area contributed by atoms with Crippen LogP contribution in [0.15, 0.2) is 0 Å². The maximum Gasteiger partial charge on any atom is 0.148 e. The number of alkyl halides is 1. The molecule has 48 valence electrons. The van der Waals surface area contributed by atoms with Gasteiger partial charge in [-0.2, -0.15) is 0 Å². The Morgan fingerprint density at radius 1 is 1.75 bits per heavy atom. The predicted octanol–water partition coefficient (Wildman–Crippen LogP) is -0.00770. The summed E-state index contributed by atoms with van der Waals surface area (Å²) in [5.74, 6) is 0. The van der Waals surface area contributed by atoms with Crippen LogP contribution < -0.4 is 0 Å². The summed E-state index contributed by atoms with van der Waals surface area (Å²) in [6, 6.07) is 1.45. The van der Waals surface area contributed by atoms with Crippen LogP contribution in [0.2, 0.25) is 6.04 Å². The summed E-state index contributed by atoms with van der Waals surface area (Å²) in [5.41, 5.74) is 0.965. The molecule has 0 aromatic rings. The fraction of sp³-hybridized carbons (Fsp3) is 1.00. The van der Waals surface area contributed by atoms with E-state index in [0.717, 1.165) is 12.1 Å². The van der Waals surface area contributed by atoms with Gasteiger partial charge in [0.2, 0.25) is 0 Å². The van der Waals surface area contributed by atoms with Gasteiger partial charge >= 0.3 is 0 Å². The molecule has 1 heterocycles. The van der Waals surface area contributed by atoms with Gasteiger partial charge in [0.05, 0.1) is 8.31 Å². The number of hydrogen-bond acceptors (Lipinski definition) is 1. The summed E-state index contributed by atoms with van der Waals surface area (Å²) >= 11 is 5.70. The monoisotopic (exact) mass is 166 g/mol. The Hall–Kier alpha value is 0.684. The molecule has 1 nitrogen and oxygen atoms in total. The van der Waals surface area contributed by atoms with Crippen LogP contribution in [-0.4, -0.2) is 29.7 Å². The Balaban J connectivity index is 2.13. The zero-order chi connectivity index (χ0) is 5.82. The van der Waals surface area contributed by atoms with Crippen molar-refractivity contribution in [3.05, 3.63) is 0 Å². The zero-order valence-electron chi connectivity index (χ0n) is 4.90. The maximum absolute atomic E-state index is 5.70. The highest BCUT2D eigenvalue weighted by Crippen LogP contribution is 2.04. The Morgan fingerprint density at radius 2 is 2.62 bits per heavy atom. The molecule has 0 saturated carbocycles. The fourth-order valence-corrected chi connectivity index (χ4v) is 7.19. The SMILES string of the molecule is ClC[SiH]1CCCO[SiH2]1. The minimum absolute atomic E-state index is 0.0706. The number of halogens is 1. The summed E-state index contributed by atoms with van der Waals surface area (Å²) in [7, 11) is -0.494. The van der Waals surface area contributed by atoms with Crippen molar-refractivity contribution in [3.63, 3.8) is 0 Å². The van der Waals surface area contributed by atoms with Crippen molar-refractivity contribution in [2.24, 2.45) is 0 Å². The molecule has 1 aliphatic rings. The molecular formula is C4H11ClOSi2. The van der Waals surface area contributed by atoms with E-state index in [1.54, 1.807) is 0 Å². The molecule has 0 aromatic carbocycles. The second-order valence-corrected chi connectivity index (χ2v) is 11.0. The Morgan fingerprint density at radius 3 is 3.00 bits per heavy atom. The first-order chi connectivity index (χ1) is 3.93. The highest BCUT2D eigenvalue weighted by atomic mass is 35.5. The first-order valence-electron chi connectivity index (χ1n) is 3.07. The van der Waals surface area contributed by atoms with Crippen LogP contribution in [0.25, 0.3) is 0 Å². The standard InChI is InChI=1S/C4H11ClOSi2/c5-4-8-3-1-2-6-7-8/h8H,1-4,7H2. The van der Waals surface area contributed by atoms with Crippen molar-refractivity contribution in [1.82, 2.24) is 0 Å². The summed E-state index contributed by atoms with van der Waals surface area (Å²) in [4.78, 5) is 0. The summed E-state index contributed by atoms with van der Waals surface area (Å²) in [5, 5.41) is 0. The molecule has 1 fully saturated rings. The van der Waals surface area contributed by atoms with Gasteiger partial charge in [0.15, 0.2) is 0 Å². The third-order valence-electron chi connectivity index (χ3n) is 1.47. The molecule has 0 aromatic heterocycles. The lowest BCUT2D eigenvalue weighted by Crippen LogP contribution is -2.31. The molecular weight excluding hydrogens is 156 g/mol. The summed E-state index contributed by atoms with van der Waals surface area (Å²) in [6.07, 6.45) is 1.29. The molecule has 1 unspecified atom stereocenters. The third-order valence-corrected chi connectivity index (χ3v) is 10.7. The Kier molecular flexibility index (Phi) is 3.11. The van der Waals surface area contributed by atoms with E-state index in [1.165, 1.54) is 12.5 Å². The van der Waals surface area contributed by atoms with Crippen LogP contribution in [-0.2, 0) is 4.43 Å². The van der Waals surface area contributed by atoms with Crippen molar-refractivity contribution >= 4 is 29.2 Å². The Bertz CT molecular complexity index is 65.1. The predicted molar refractivity (Wildman–Crippen MR) is 41.8 cm³/mol. The molecule has 0 bridgehead atoms. The molecule has 1 atom stereocenters. The molecule has 1 aliphatic heterocycles. The van der Waals surface area contributed by atoms with Crippen molar-refractivity contribution in [3.8, 4) is 0 Å². The lowest BCUT2D eigenvalue weighted by molar-refractivity contribution is 0.335. The molecule has 8 heavy (non-hydrogen) atoms. The van der Waals surface area contributed by atoms with E-state index in [9.17, 15) is 0 Å². The largest absolute Gasteiger partial charge is 0.428 e. The second-order valence-electron chi connectivity index (χ2n) is 2.24. The smallest absolute Gasteiger partial charge is 0.148 e. The van der Waals surface area contributed by atoms with Crippen LogP contribution in [0.1, 0.15) is 6.42 Å². The van der Waals surface area contributed by atoms with Gasteiger partial charge in [0, 0.05) is 12.1 Å². The minimum Gasteiger partial charge on any atom is -0.428 e.